The lowest BCUT2D eigenvalue weighted by Crippen LogP contribution is -2.32. The van der Waals surface area contributed by atoms with E-state index >= 15 is 0 Å². The number of nitrogens with zero attached hydrogens (tertiary/aromatic N) is 2. The number of hydrogen-bond donors (Lipinski definition) is 1. The van der Waals surface area contributed by atoms with Crippen LogP contribution in [-0.4, -0.2) is 28.8 Å². The van der Waals surface area contributed by atoms with Crippen LogP contribution in [0.5, 0.6) is 5.75 Å². The Balaban J connectivity index is 1.77. The summed E-state index contributed by atoms with van der Waals surface area (Å²) in [5.41, 5.74) is 4.71. The Labute approximate surface area is 191 Å². The minimum Gasteiger partial charge on any atom is -0.495 e. The van der Waals surface area contributed by atoms with Crippen molar-refractivity contribution in [2.24, 2.45) is 0 Å². The molecule has 1 aliphatic heterocycles. The van der Waals surface area contributed by atoms with Crippen molar-refractivity contribution in [3.05, 3.63) is 93.9 Å². The van der Waals surface area contributed by atoms with Gasteiger partial charge in [0.1, 0.15) is 11.4 Å². The predicted molar refractivity (Wildman–Crippen MR) is 124 cm³/mol. The first-order valence-electron chi connectivity index (χ1n) is 10.1. The maximum Gasteiger partial charge on any atom is 0.278 e. The number of aromatic nitrogens is 1. The number of ether oxygens (including phenoxy) is 1. The van der Waals surface area contributed by atoms with Crippen molar-refractivity contribution in [2.45, 2.75) is 20.4 Å². The molecule has 0 atom stereocenters. The molecule has 0 unspecified atom stereocenters. The van der Waals surface area contributed by atoms with Gasteiger partial charge in [0.25, 0.3) is 11.8 Å². The van der Waals surface area contributed by atoms with Gasteiger partial charge in [0.05, 0.1) is 24.3 Å². The van der Waals surface area contributed by atoms with Crippen LogP contribution in [0.1, 0.15) is 22.3 Å². The Kier molecular flexibility index (Phi) is 5.97. The van der Waals surface area contributed by atoms with Gasteiger partial charge in [0.15, 0.2) is 0 Å². The summed E-state index contributed by atoms with van der Waals surface area (Å²) in [7, 11) is 1.53. The van der Waals surface area contributed by atoms with Gasteiger partial charge in [0.2, 0.25) is 0 Å². The number of halogens is 1. The maximum atomic E-state index is 13.4. The smallest absolute Gasteiger partial charge is 0.278 e. The van der Waals surface area contributed by atoms with Gasteiger partial charge in [-0.15, -0.1) is 0 Å². The number of pyridine rings is 1. The molecule has 0 radical (unpaired) electrons. The predicted octanol–water partition coefficient (Wildman–Crippen LogP) is 4.75. The molecule has 0 fully saturated rings. The number of rotatable bonds is 6. The minimum absolute atomic E-state index is 0.133. The molecule has 1 N–H and O–H groups in total. The SMILES string of the molecule is COc1ccc(NC2=C(c3ccc(C)c(C)c3)C(=O)N(Cc3cccnc3)C2=O)cc1Cl. The molecule has 0 bridgehead atoms. The molecule has 0 aliphatic carbocycles. The first-order chi connectivity index (χ1) is 15.4. The van der Waals surface area contributed by atoms with Crippen molar-refractivity contribution in [3.63, 3.8) is 0 Å². The lowest BCUT2D eigenvalue weighted by molar-refractivity contribution is -0.137. The lowest BCUT2D eigenvalue weighted by atomic mass is 9.99. The van der Waals surface area contributed by atoms with Gasteiger partial charge >= 0.3 is 0 Å². The molecule has 7 heteroatoms. The Morgan fingerprint density at radius 3 is 2.50 bits per heavy atom. The molecule has 2 aromatic carbocycles. The third kappa shape index (κ3) is 4.09. The Hall–Kier alpha value is -3.64. The number of nitrogens with one attached hydrogen (secondary N) is 1. The zero-order valence-corrected chi connectivity index (χ0v) is 18.7. The van der Waals surface area contributed by atoms with Crippen LogP contribution in [0, 0.1) is 13.8 Å². The van der Waals surface area contributed by atoms with Crippen molar-refractivity contribution < 1.29 is 14.3 Å². The Bertz CT molecular complexity index is 1240. The van der Waals surface area contributed by atoms with Crippen molar-refractivity contribution >= 4 is 34.7 Å². The quantitative estimate of drug-likeness (QED) is 0.552. The summed E-state index contributed by atoms with van der Waals surface area (Å²) in [6.07, 6.45) is 3.29. The van der Waals surface area contributed by atoms with E-state index in [9.17, 15) is 9.59 Å². The molecule has 6 nitrogen and oxygen atoms in total. The van der Waals surface area contributed by atoms with Gasteiger partial charge in [0, 0.05) is 18.1 Å². The average molecular weight is 448 g/mol. The summed E-state index contributed by atoms with van der Waals surface area (Å²) in [5.74, 6) is -0.240. The molecule has 1 aromatic heterocycles. The molecule has 3 aromatic rings. The van der Waals surface area contributed by atoms with E-state index in [0.717, 1.165) is 16.7 Å². The van der Waals surface area contributed by atoms with Crippen LogP contribution in [0.25, 0.3) is 5.57 Å². The molecule has 0 saturated carbocycles. The van der Waals surface area contributed by atoms with Crippen molar-refractivity contribution in [1.29, 1.82) is 0 Å². The fraction of sp³-hybridized carbons (Fsp3) is 0.160. The summed E-state index contributed by atoms with van der Waals surface area (Å²) in [5, 5.41) is 3.52. The van der Waals surface area contributed by atoms with Gasteiger partial charge in [-0.3, -0.25) is 19.5 Å². The van der Waals surface area contributed by atoms with Gasteiger partial charge in [-0.05, 0) is 60.4 Å². The van der Waals surface area contributed by atoms with Crippen LogP contribution >= 0.6 is 11.6 Å². The molecular weight excluding hydrogens is 426 g/mol. The molecule has 32 heavy (non-hydrogen) atoms. The summed E-state index contributed by atoms with van der Waals surface area (Å²) in [6.45, 7) is 4.11. The molecule has 1 aliphatic rings. The number of benzene rings is 2. The zero-order valence-electron chi connectivity index (χ0n) is 18.0. The molecule has 2 amide bonds. The van der Waals surface area contributed by atoms with Crippen molar-refractivity contribution in [3.8, 4) is 5.75 Å². The van der Waals surface area contributed by atoms with Crippen molar-refractivity contribution in [2.75, 3.05) is 12.4 Å². The number of methoxy groups -OCH3 is 1. The van der Waals surface area contributed by atoms with Gasteiger partial charge in [-0.1, -0.05) is 35.9 Å². The average Bonchev–Trinajstić information content (AvgIpc) is 3.01. The number of carbonyl (C=O) groups excluding carboxylic acids is 2. The van der Waals surface area contributed by atoms with Crippen molar-refractivity contribution in [1.82, 2.24) is 9.88 Å². The van der Waals surface area contributed by atoms with Crippen LogP contribution < -0.4 is 10.1 Å². The fourth-order valence-corrected chi connectivity index (χ4v) is 3.82. The Morgan fingerprint density at radius 1 is 1.03 bits per heavy atom. The monoisotopic (exact) mass is 447 g/mol. The van der Waals surface area contributed by atoms with E-state index in [1.165, 1.54) is 12.0 Å². The topological polar surface area (TPSA) is 71.5 Å². The van der Waals surface area contributed by atoms with E-state index < -0.39 is 5.91 Å². The summed E-state index contributed by atoms with van der Waals surface area (Å²) < 4.78 is 5.20. The lowest BCUT2D eigenvalue weighted by Gasteiger charge is -2.15. The highest BCUT2D eigenvalue weighted by atomic mass is 35.5. The standard InChI is InChI=1S/C25H22ClN3O3/c1-15-6-7-18(11-16(15)2)22-23(28-19-8-9-21(32-3)20(26)12-19)25(31)29(24(22)30)14-17-5-4-10-27-13-17/h4-13,28H,14H2,1-3H3. The van der Waals surface area contributed by atoms with Crippen LogP contribution in [-0.2, 0) is 16.1 Å². The third-order valence-corrected chi connectivity index (χ3v) is 5.74. The van der Waals surface area contributed by atoms with E-state index in [1.54, 1.807) is 36.7 Å². The number of hydrogen-bond acceptors (Lipinski definition) is 5. The first-order valence-corrected chi connectivity index (χ1v) is 10.4. The number of aryl methyl sites for hydroxylation is 2. The second-order valence-electron chi connectivity index (χ2n) is 7.58. The van der Waals surface area contributed by atoms with E-state index in [2.05, 4.69) is 10.3 Å². The molecule has 4 rings (SSSR count). The van der Waals surface area contributed by atoms with E-state index in [-0.39, 0.29) is 18.1 Å². The largest absolute Gasteiger partial charge is 0.495 e. The van der Waals surface area contributed by atoms with Gasteiger partial charge in [-0.25, -0.2) is 0 Å². The zero-order chi connectivity index (χ0) is 22.8. The van der Waals surface area contributed by atoms with Gasteiger partial charge in [-0.2, -0.15) is 0 Å². The number of carbonyl (C=O) groups is 2. The molecule has 162 valence electrons. The molecule has 0 saturated heterocycles. The highest BCUT2D eigenvalue weighted by Gasteiger charge is 2.39. The molecular formula is C25H22ClN3O3. The normalized spacial score (nSPS) is 13.7. The van der Waals surface area contributed by atoms with Gasteiger partial charge < -0.3 is 10.1 Å². The van der Waals surface area contributed by atoms with Crippen LogP contribution in [0.3, 0.4) is 0 Å². The maximum absolute atomic E-state index is 13.4. The van der Waals surface area contributed by atoms with E-state index in [0.29, 0.717) is 27.6 Å². The highest BCUT2D eigenvalue weighted by molar-refractivity contribution is 6.36. The third-order valence-electron chi connectivity index (χ3n) is 5.45. The first kappa shape index (κ1) is 21.6. The fourth-order valence-electron chi connectivity index (χ4n) is 3.56. The molecule has 2 heterocycles. The number of anilines is 1. The number of imide groups is 1. The summed E-state index contributed by atoms with van der Waals surface area (Å²) in [4.78, 5) is 32.1. The van der Waals surface area contributed by atoms with Crippen LogP contribution in [0.2, 0.25) is 5.02 Å². The number of amides is 2. The second-order valence-corrected chi connectivity index (χ2v) is 7.99. The van der Waals surface area contributed by atoms with E-state index in [4.69, 9.17) is 16.3 Å². The second kappa shape index (κ2) is 8.85. The summed E-state index contributed by atoms with van der Waals surface area (Å²) in [6, 6.07) is 14.4. The van der Waals surface area contributed by atoms with Crippen LogP contribution in [0.15, 0.2) is 66.6 Å². The Morgan fingerprint density at radius 2 is 1.84 bits per heavy atom. The van der Waals surface area contributed by atoms with E-state index in [1.807, 2.05) is 38.1 Å². The highest BCUT2D eigenvalue weighted by Crippen LogP contribution is 2.34. The summed E-state index contributed by atoms with van der Waals surface area (Å²) >= 11 is 6.26. The van der Waals surface area contributed by atoms with Crippen LogP contribution in [0.4, 0.5) is 5.69 Å². The molecule has 0 spiro atoms. The minimum atomic E-state index is -0.404.